The highest BCUT2D eigenvalue weighted by molar-refractivity contribution is 5.94. The zero-order valence-corrected chi connectivity index (χ0v) is 16.5. The number of carbonyl (C=O) groups excluding carboxylic acids is 1. The molecule has 1 aromatic heterocycles. The number of nitrogens with one attached hydrogen (secondary N) is 1. The van der Waals surface area contributed by atoms with Gasteiger partial charge in [0, 0.05) is 36.8 Å². The number of halogens is 3. The molecular weight excluding hydrogens is 379 g/mol. The van der Waals surface area contributed by atoms with Crippen molar-refractivity contribution in [3.8, 4) is 0 Å². The Kier molecular flexibility index (Phi) is 5.51. The first-order chi connectivity index (χ1) is 13.8. The maximum absolute atomic E-state index is 13.4. The van der Waals surface area contributed by atoms with Gasteiger partial charge in [-0.2, -0.15) is 13.2 Å². The van der Waals surface area contributed by atoms with Gasteiger partial charge in [-0.15, -0.1) is 0 Å². The van der Waals surface area contributed by atoms with E-state index in [4.69, 9.17) is 0 Å². The molecule has 2 fully saturated rings. The molecule has 0 saturated carbocycles. The Bertz CT molecular complexity index is 892. The fourth-order valence-electron chi connectivity index (χ4n) is 4.87. The number of fused-ring (bicyclic) bond motifs is 1. The Labute approximate surface area is 168 Å². The van der Waals surface area contributed by atoms with Crippen LogP contribution in [-0.4, -0.2) is 36.4 Å². The lowest BCUT2D eigenvalue weighted by atomic mass is 9.85. The predicted octanol–water partition coefficient (Wildman–Crippen LogP) is 4.43. The van der Waals surface area contributed by atoms with Crippen molar-refractivity contribution in [3.05, 3.63) is 36.0 Å². The van der Waals surface area contributed by atoms with Crippen molar-refractivity contribution in [1.82, 2.24) is 10.3 Å². The Balaban J connectivity index is 1.60. The summed E-state index contributed by atoms with van der Waals surface area (Å²) >= 11 is 0. The van der Waals surface area contributed by atoms with Crippen molar-refractivity contribution < 1.29 is 18.0 Å². The average molecular weight is 405 g/mol. The van der Waals surface area contributed by atoms with Gasteiger partial charge in [-0.3, -0.25) is 9.78 Å². The van der Waals surface area contributed by atoms with Gasteiger partial charge in [0.1, 0.15) is 5.78 Å². The molecule has 29 heavy (non-hydrogen) atoms. The Morgan fingerprint density at radius 3 is 2.83 bits per heavy atom. The van der Waals surface area contributed by atoms with Gasteiger partial charge >= 0.3 is 6.18 Å². The minimum atomic E-state index is -4.44. The van der Waals surface area contributed by atoms with Crippen LogP contribution >= 0.6 is 0 Å². The molecule has 2 aliphatic heterocycles. The van der Waals surface area contributed by atoms with Crippen molar-refractivity contribution in [1.29, 1.82) is 0 Å². The summed E-state index contributed by atoms with van der Waals surface area (Å²) in [5.41, 5.74) is 0.0449. The molecule has 3 atom stereocenters. The maximum Gasteiger partial charge on any atom is 0.418 e. The third-order valence-corrected chi connectivity index (χ3v) is 6.08. The molecule has 0 aliphatic carbocycles. The van der Waals surface area contributed by atoms with E-state index in [-0.39, 0.29) is 23.3 Å². The number of pyridine rings is 1. The zero-order chi connectivity index (χ0) is 20.6. The highest BCUT2D eigenvalue weighted by atomic mass is 19.4. The standard InChI is InChI=1S/C22H26F3N3O/c1-14-10-15(11-20(29)18-5-3-8-26-18)13-28(12-14)19-7-6-17(22(23,24)25)21-16(19)4-2-9-27-21/h2,4,6-7,9,14-15,18,26H,3,5,8,10-13H2,1H3/t14-,15-,18-/m0/s1. The van der Waals surface area contributed by atoms with Crippen molar-refractivity contribution in [2.24, 2.45) is 11.8 Å². The van der Waals surface area contributed by atoms with Gasteiger partial charge in [-0.1, -0.05) is 6.92 Å². The van der Waals surface area contributed by atoms with Crippen LogP contribution in [0.25, 0.3) is 10.9 Å². The first kappa shape index (κ1) is 20.1. The summed E-state index contributed by atoms with van der Waals surface area (Å²) in [7, 11) is 0. The number of Topliss-reactive ketones (excluding diaryl/α,β-unsaturated/α-hetero) is 1. The van der Waals surface area contributed by atoms with Crippen LogP contribution in [0.5, 0.6) is 0 Å². The Morgan fingerprint density at radius 1 is 1.28 bits per heavy atom. The molecule has 4 rings (SSSR count). The number of hydrogen-bond donors (Lipinski definition) is 1. The quantitative estimate of drug-likeness (QED) is 0.818. The maximum atomic E-state index is 13.4. The largest absolute Gasteiger partial charge is 0.418 e. The molecule has 2 aromatic rings. The van der Waals surface area contributed by atoms with Gasteiger partial charge in [0.2, 0.25) is 0 Å². The topological polar surface area (TPSA) is 45.2 Å². The molecule has 2 saturated heterocycles. The minimum Gasteiger partial charge on any atom is -0.370 e. The fourth-order valence-corrected chi connectivity index (χ4v) is 4.87. The molecule has 1 N–H and O–H groups in total. The molecule has 0 spiro atoms. The Hall–Kier alpha value is -2.15. The van der Waals surface area contributed by atoms with E-state index in [9.17, 15) is 18.0 Å². The zero-order valence-electron chi connectivity index (χ0n) is 16.5. The molecule has 0 unspecified atom stereocenters. The number of benzene rings is 1. The van der Waals surface area contributed by atoms with Crippen LogP contribution in [0.2, 0.25) is 0 Å². The highest BCUT2D eigenvalue weighted by Crippen LogP contribution is 2.39. The van der Waals surface area contributed by atoms with Crippen molar-refractivity contribution in [2.75, 3.05) is 24.5 Å². The minimum absolute atomic E-state index is 0.0153. The molecule has 156 valence electrons. The van der Waals surface area contributed by atoms with E-state index in [1.54, 1.807) is 18.2 Å². The van der Waals surface area contributed by atoms with E-state index in [0.29, 0.717) is 24.3 Å². The second-order valence-corrected chi connectivity index (χ2v) is 8.46. The Morgan fingerprint density at radius 2 is 2.10 bits per heavy atom. The number of nitrogens with zero attached hydrogens (tertiary/aromatic N) is 2. The summed E-state index contributed by atoms with van der Waals surface area (Å²) in [5.74, 6) is 0.843. The van der Waals surface area contributed by atoms with Crippen molar-refractivity contribution in [2.45, 2.75) is 44.8 Å². The lowest BCUT2D eigenvalue weighted by molar-refractivity contribution is -0.136. The van der Waals surface area contributed by atoms with Gasteiger partial charge in [0.05, 0.1) is 17.1 Å². The second kappa shape index (κ2) is 7.94. The SMILES string of the molecule is C[C@H]1C[C@@H](CC(=O)[C@@H]2CCCN2)CN(c2ccc(C(F)(F)F)c3ncccc23)C1. The van der Waals surface area contributed by atoms with Gasteiger partial charge in [-0.05, 0) is 61.9 Å². The highest BCUT2D eigenvalue weighted by Gasteiger charge is 2.35. The molecule has 1 aromatic carbocycles. The van der Waals surface area contributed by atoms with Gasteiger partial charge < -0.3 is 10.2 Å². The smallest absolute Gasteiger partial charge is 0.370 e. The van der Waals surface area contributed by atoms with E-state index in [1.807, 2.05) is 0 Å². The van der Waals surface area contributed by atoms with E-state index in [0.717, 1.165) is 44.1 Å². The molecule has 7 heteroatoms. The number of hydrogen-bond acceptors (Lipinski definition) is 4. The van der Waals surface area contributed by atoms with Crippen molar-refractivity contribution in [3.63, 3.8) is 0 Å². The second-order valence-electron chi connectivity index (χ2n) is 8.46. The lowest BCUT2D eigenvalue weighted by Gasteiger charge is -2.38. The number of rotatable bonds is 4. The third kappa shape index (κ3) is 4.25. The third-order valence-electron chi connectivity index (χ3n) is 6.08. The molecule has 3 heterocycles. The van der Waals surface area contributed by atoms with Crippen LogP contribution in [-0.2, 0) is 11.0 Å². The number of carbonyl (C=O) groups is 1. The molecular formula is C22H26F3N3O. The van der Waals surface area contributed by atoms with E-state index in [1.165, 1.54) is 6.20 Å². The summed E-state index contributed by atoms with van der Waals surface area (Å²) in [6.07, 6.45) is 0.384. The molecule has 4 nitrogen and oxygen atoms in total. The fraction of sp³-hybridized carbons (Fsp3) is 0.545. The van der Waals surface area contributed by atoms with Gasteiger partial charge in [-0.25, -0.2) is 0 Å². The first-order valence-corrected chi connectivity index (χ1v) is 10.3. The molecule has 2 aliphatic rings. The number of anilines is 1. The average Bonchev–Trinajstić information content (AvgIpc) is 3.21. The van der Waals surface area contributed by atoms with Gasteiger partial charge in [0.25, 0.3) is 0 Å². The van der Waals surface area contributed by atoms with Crippen LogP contribution < -0.4 is 10.2 Å². The van der Waals surface area contributed by atoms with Crippen LogP contribution in [0.1, 0.15) is 38.2 Å². The molecule has 0 radical (unpaired) electrons. The van der Waals surface area contributed by atoms with Gasteiger partial charge in [0.15, 0.2) is 0 Å². The normalized spacial score (nSPS) is 25.5. The summed E-state index contributed by atoms with van der Waals surface area (Å²) in [4.78, 5) is 18.8. The number of piperidine rings is 1. The van der Waals surface area contributed by atoms with E-state index < -0.39 is 11.7 Å². The first-order valence-electron chi connectivity index (χ1n) is 10.3. The summed E-state index contributed by atoms with van der Waals surface area (Å²) in [6.45, 7) is 4.48. The van der Waals surface area contributed by atoms with Crippen LogP contribution in [0.3, 0.4) is 0 Å². The lowest BCUT2D eigenvalue weighted by Crippen LogP contribution is -2.42. The van der Waals surface area contributed by atoms with E-state index >= 15 is 0 Å². The summed E-state index contributed by atoms with van der Waals surface area (Å²) in [5, 5.41) is 3.78. The monoisotopic (exact) mass is 405 g/mol. The van der Waals surface area contributed by atoms with E-state index in [2.05, 4.69) is 22.1 Å². The molecule has 0 amide bonds. The summed E-state index contributed by atoms with van der Waals surface area (Å²) in [6, 6.07) is 6.03. The van der Waals surface area contributed by atoms with Crippen LogP contribution in [0, 0.1) is 11.8 Å². The summed E-state index contributed by atoms with van der Waals surface area (Å²) < 4.78 is 40.2. The number of aromatic nitrogens is 1. The van der Waals surface area contributed by atoms with Crippen LogP contribution in [0.15, 0.2) is 30.5 Å². The van der Waals surface area contributed by atoms with Crippen molar-refractivity contribution >= 4 is 22.4 Å². The predicted molar refractivity (Wildman–Crippen MR) is 107 cm³/mol. The van der Waals surface area contributed by atoms with Crippen LogP contribution in [0.4, 0.5) is 18.9 Å². The molecule has 0 bridgehead atoms. The number of alkyl halides is 3. The number of ketones is 1.